The Bertz CT molecular complexity index is 1340. The third-order valence-electron chi connectivity index (χ3n) is 6.04. The van der Waals surface area contributed by atoms with Gasteiger partial charge in [-0.2, -0.15) is 4.98 Å². The van der Waals surface area contributed by atoms with Crippen LogP contribution in [-0.2, 0) is 6.42 Å². The Morgan fingerprint density at radius 1 is 1.11 bits per heavy atom. The number of aliphatic hydroxyl groups excluding tert-OH is 1. The van der Waals surface area contributed by atoms with Gasteiger partial charge in [-0.1, -0.05) is 44.2 Å². The van der Waals surface area contributed by atoms with Crippen LogP contribution in [0.2, 0.25) is 0 Å². The molecule has 2 heterocycles. The van der Waals surface area contributed by atoms with E-state index in [0.717, 1.165) is 28.8 Å². The number of ketones is 1. The van der Waals surface area contributed by atoms with E-state index in [1.165, 1.54) is 6.39 Å². The molecule has 0 saturated carbocycles. The van der Waals surface area contributed by atoms with Crippen LogP contribution in [0.4, 0.5) is 17.5 Å². The van der Waals surface area contributed by atoms with Crippen molar-refractivity contribution in [3.63, 3.8) is 0 Å². The smallest absolute Gasteiger partial charge is 0.252 e. The lowest BCUT2D eigenvalue weighted by Crippen LogP contribution is -2.26. The first kappa shape index (κ1) is 22.7. The minimum absolute atomic E-state index is 0.0707. The number of nitrogens with one attached hydrogen (secondary N) is 2. The summed E-state index contributed by atoms with van der Waals surface area (Å²) in [4.78, 5) is 21.6. The summed E-state index contributed by atoms with van der Waals surface area (Å²) in [5.74, 6) is 1.22. The molecule has 0 spiro atoms. The molecule has 1 aliphatic rings. The number of anilines is 3. The molecule has 0 saturated heterocycles. The minimum atomic E-state index is -0.405. The fourth-order valence-corrected chi connectivity index (χ4v) is 4.41. The van der Waals surface area contributed by atoms with Gasteiger partial charge >= 0.3 is 0 Å². The molecule has 4 aromatic rings. The highest BCUT2D eigenvalue weighted by molar-refractivity contribution is 5.99. The van der Waals surface area contributed by atoms with Gasteiger partial charge in [0, 0.05) is 23.9 Å². The average Bonchev–Trinajstić information content (AvgIpc) is 3.37. The van der Waals surface area contributed by atoms with Crippen LogP contribution in [0.1, 0.15) is 47.8 Å². The highest BCUT2D eigenvalue weighted by Crippen LogP contribution is 2.36. The maximum absolute atomic E-state index is 12.5. The Morgan fingerprint density at radius 3 is 2.69 bits per heavy atom. The van der Waals surface area contributed by atoms with Gasteiger partial charge in [-0.3, -0.25) is 4.79 Å². The fourth-order valence-electron chi connectivity index (χ4n) is 4.41. The number of carbonyl (C=O) groups is 1. The van der Waals surface area contributed by atoms with E-state index in [4.69, 9.17) is 4.42 Å². The SMILES string of the molecule is CC1(C)CC(=O)c2ccc(Nc3ncc(-c4nnco4)c(N[C@H](CO)c4ccccc4)n3)cc2C1. The zero-order chi connectivity index (χ0) is 24.4. The number of rotatable bonds is 7. The second-order valence-corrected chi connectivity index (χ2v) is 9.43. The third-order valence-corrected chi connectivity index (χ3v) is 6.04. The molecule has 0 radical (unpaired) electrons. The van der Waals surface area contributed by atoms with Crippen LogP contribution >= 0.6 is 0 Å². The average molecular weight is 471 g/mol. The van der Waals surface area contributed by atoms with E-state index in [0.29, 0.717) is 23.8 Å². The number of nitrogens with zero attached hydrogens (tertiary/aromatic N) is 4. The zero-order valence-electron chi connectivity index (χ0n) is 19.5. The predicted octanol–water partition coefficient (Wildman–Crippen LogP) is 4.57. The van der Waals surface area contributed by atoms with Crippen molar-refractivity contribution in [3.05, 3.63) is 77.8 Å². The lowest BCUT2D eigenvalue weighted by Gasteiger charge is -2.30. The summed E-state index contributed by atoms with van der Waals surface area (Å²) in [6, 6.07) is 14.9. The van der Waals surface area contributed by atoms with Gasteiger partial charge in [-0.05, 0) is 41.2 Å². The molecule has 35 heavy (non-hydrogen) atoms. The number of hydrogen-bond donors (Lipinski definition) is 3. The van der Waals surface area contributed by atoms with Crippen LogP contribution in [0, 0.1) is 5.41 Å². The molecule has 0 amide bonds. The first-order valence-corrected chi connectivity index (χ1v) is 11.4. The number of fused-ring (bicyclic) bond motifs is 1. The van der Waals surface area contributed by atoms with Crippen LogP contribution in [-0.4, -0.2) is 37.7 Å². The summed E-state index contributed by atoms with van der Waals surface area (Å²) in [6.45, 7) is 4.07. The topological polar surface area (TPSA) is 126 Å². The lowest BCUT2D eigenvalue weighted by molar-refractivity contribution is 0.0912. The quantitative estimate of drug-likeness (QED) is 0.356. The molecule has 0 fully saturated rings. The Hall–Kier alpha value is -4.11. The Morgan fingerprint density at radius 2 is 1.94 bits per heavy atom. The van der Waals surface area contributed by atoms with E-state index in [1.807, 2.05) is 48.5 Å². The van der Waals surface area contributed by atoms with E-state index in [1.54, 1.807) is 6.20 Å². The van der Waals surface area contributed by atoms with Crippen LogP contribution in [0.3, 0.4) is 0 Å². The van der Waals surface area contributed by atoms with Gasteiger partial charge in [0.15, 0.2) is 5.78 Å². The lowest BCUT2D eigenvalue weighted by atomic mass is 9.74. The first-order valence-electron chi connectivity index (χ1n) is 11.4. The number of aromatic nitrogens is 4. The molecule has 1 aliphatic carbocycles. The summed E-state index contributed by atoms with van der Waals surface area (Å²) in [6.07, 6.45) is 4.20. The van der Waals surface area contributed by atoms with Gasteiger partial charge in [0.2, 0.25) is 12.3 Å². The molecular formula is C26H26N6O3. The van der Waals surface area contributed by atoms with Crippen molar-refractivity contribution in [1.29, 1.82) is 0 Å². The van der Waals surface area contributed by atoms with Gasteiger partial charge in [0.25, 0.3) is 5.89 Å². The van der Waals surface area contributed by atoms with Crippen LogP contribution in [0.15, 0.2) is 65.5 Å². The molecule has 0 bridgehead atoms. The van der Waals surface area contributed by atoms with E-state index >= 15 is 0 Å². The Labute approximate surface area is 202 Å². The number of Topliss-reactive ketones (excluding diaryl/α,β-unsaturated/α-hetero) is 1. The van der Waals surface area contributed by atoms with Crippen molar-refractivity contribution >= 4 is 23.2 Å². The summed E-state index contributed by atoms with van der Waals surface area (Å²) in [5, 5.41) is 24.3. The normalized spacial score (nSPS) is 15.3. The number of benzene rings is 2. The maximum atomic E-state index is 12.5. The minimum Gasteiger partial charge on any atom is -0.423 e. The van der Waals surface area contributed by atoms with Crippen molar-refractivity contribution in [1.82, 2.24) is 20.2 Å². The van der Waals surface area contributed by atoms with Crippen molar-refractivity contribution in [2.24, 2.45) is 5.41 Å². The molecule has 2 aromatic heterocycles. The molecule has 5 rings (SSSR count). The fraction of sp³-hybridized carbons (Fsp3) is 0.269. The van der Waals surface area contributed by atoms with E-state index < -0.39 is 6.04 Å². The van der Waals surface area contributed by atoms with Crippen LogP contribution < -0.4 is 10.6 Å². The highest BCUT2D eigenvalue weighted by Gasteiger charge is 2.31. The van der Waals surface area contributed by atoms with Crippen molar-refractivity contribution < 1.29 is 14.3 Å². The predicted molar refractivity (Wildman–Crippen MR) is 131 cm³/mol. The van der Waals surface area contributed by atoms with Gasteiger partial charge in [0.1, 0.15) is 5.82 Å². The van der Waals surface area contributed by atoms with E-state index in [-0.39, 0.29) is 23.7 Å². The Balaban J connectivity index is 1.46. The molecule has 0 unspecified atom stereocenters. The van der Waals surface area contributed by atoms with Gasteiger partial charge in [-0.25, -0.2) is 4.98 Å². The standard InChI is InChI=1S/C26H26N6O3/c1-26(2)11-17-10-18(8-9-19(17)22(34)12-26)29-25-27-13-20(24-32-28-15-35-24)23(31-25)30-21(14-33)16-6-4-3-5-7-16/h3-10,13,15,21,33H,11-12,14H2,1-2H3,(H2,27,29,30,31)/t21-/m1/s1. The number of carbonyl (C=O) groups excluding carboxylic acids is 1. The third kappa shape index (κ3) is 4.90. The highest BCUT2D eigenvalue weighted by atomic mass is 16.4. The first-order chi connectivity index (χ1) is 16.9. The molecular weight excluding hydrogens is 444 g/mol. The van der Waals surface area contributed by atoms with Crippen molar-refractivity contribution in [3.8, 4) is 11.5 Å². The van der Waals surface area contributed by atoms with Crippen LogP contribution in [0.25, 0.3) is 11.5 Å². The van der Waals surface area contributed by atoms with Crippen molar-refractivity contribution in [2.75, 3.05) is 17.2 Å². The summed E-state index contributed by atoms with van der Waals surface area (Å²) in [5.41, 5.74) is 3.92. The molecule has 2 aromatic carbocycles. The molecule has 178 valence electrons. The largest absolute Gasteiger partial charge is 0.423 e. The number of hydrogen-bond acceptors (Lipinski definition) is 9. The van der Waals surface area contributed by atoms with Crippen LogP contribution in [0.5, 0.6) is 0 Å². The second kappa shape index (κ2) is 9.27. The number of aliphatic hydroxyl groups is 1. The molecule has 9 heteroatoms. The summed E-state index contributed by atoms with van der Waals surface area (Å²) in [7, 11) is 0. The summed E-state index contributed by atoms with van der Waals surface area (Å²) >= 11 is 0. The van der Waals surface area contributed by atoms with E-state index in [2.05, 4.69) is 44.6 Å². The van der Waals surface area contributed by atoms with E-state index in [9.17, 15) is 9.90 Å². The zero-order valence-corrected chi connectivity index (χ0v) is 19.5. The Kier molecular flexibility index (Phi) is 6.00. The molecule has 3 N–H and O–H groups in total. The maximum Gasteiger partial charge on any atom is 0.252 e. The summed E-state index contributed by atoms with van der Waals surface area (Å²) < 4.78 is 5.37. The van der Waals surface area contributed by atoms with Gasteiger partial charge in [-0.15, -0.1) is 10.2 Å². The van der Waals surface area contributed by atoms with Gasteiger partial charge < -0.3 is 20.2 Å². The monoisotopic (exact) mass is 470 g/mol. The molecule has 1 atom stereocenters. The van der Waals surface area contributed by atoms with Crippen molar-refractivity contribution in [2.45, 2.75) is 32.7 Å². The molecule has 0 aliphatic heterocycles. The van der Waals surface area contributed by atoms with Gasteiger partial charge in [0.05, 0.1) is 18.2 Å². The second-order valence-electron chi connectivity index (χ2n) is 9.43. The molecule has 9 nitrogen and oxygen atoms in total.